The van der Waals surface area contributed by atoms with Crippen molar-refractivity contribution < 1.29 is 31.1 Å². The summed E-state index contributed by atoms with van der Waals surface area (Å²) < 4.78 is 70.9. The molecule has 0 radical (unpaired) electrons. The molecule has 3 rings (SSSR count). The lowest BCUT2D eigenvalue weighted by Crippen LogP contribution is -2.13. The zero-order valence-electron chi connectivity index (χ0n) is 14.7. The molecule has 0 saturated carbocycles. The second kappa shape index (κ2) is 8.36. The van der Waals surface area contributed by atoms with Crippen LogP contribution in [0.2, 0.25) is 0 Å². The summed E-state index contributed by atoms with van der Waals surface area (Å²) in [4.78, 5) is 11.6. The number of benzene rings is 3. The lowest BCUT2D eigenvalue weighted by Gasteiger charge is -2.09. The van der Waals surface area contributed by atoms with Crippen molar-refractivity contribution in [2.75, 3.05) is 4.72 Å². The minimum absolute atomic E-state index is 0.0520. The van der Waals surface area contributed by atoms with Gasteiger partial charge >= 0.3 is 5.97 Å². The van der Waals surface area contributed by atoms with Crippen molar-refractivity contribution in [2.45, 2.75) is 11.5 Å². The molecule has 9 heteroatoms. The fraction of sp³-hybridized carbons (Fsp3) is 0.0500. The summed E-state index contributed by atoms with van der Waals surface area (Å²) in [7, 11) is -4.14. The molecule has 3 aromatic carbocycles. The molecule has 0 fully saturated rings. The summed E-state index contributed by atoms with van der Waals surface area (Å²) in [6.07, 6.45) is 0. The van der Waals surface area contributed by atoms with Crippen molar-refractivity contribution in [3.8, 4) is 0 Å². The highest BCUT2D eigenvalue weighted by molar-refractivity contribution is 7.92. The first-order valence-electron chi connectivity index (χ1n) is 8.24. The molecular weight excluding hydrogens is 407 g/mol. The van der Waals surface area contributed by atoms with Crippen LogP contribution in [0.3, 0.4) is 0 Å². The fourth-order valence-corrected chi connectivity index (χ4v) is 3.42. The second-order valence-corrected chi connectivity index (χ2v) is 7.64. The number of sulfonamides is 1. The molecule has 0 amide bonds. The minimum atomic E-state index is -4.14. The van der Waals surface area contributed by atoms with Gasteiger partial charge in [-0.2, -0.15) is 0 Å². The van der Waals surface area contributed by atoms with Gasteiger partial charge in [0.2, 0.25) is 0 Å². The van der Waals surface area contributed by atoms with Gasteiger partial charge in [-0.15, -0.1) is 0 Å². The quantitative estimate of drug-likeness (QED) is 0.604. The Morgan fingerprint density at radius 3 is 2.14 bits per heavy atom. The maximum absolute atomic E-state index is 13.3. The van der Waals surface area contributed by atoms with Crippen molar-refractivity contribution in [1.29, 1.82) is 0 Å². The van der Waals surface area contributed by atoms with E-state index in [4.69, 9.17) is 4.74 Å². The molecule has 0 aliphatic carbocycles. The maximum Gasteiger partial charge on any atom is 0.338 e. The van der Waals surface area contributed by atoms with Crippen molar-refractivity contribution >= 4 is 21.7 Å². The topological polar surface area (TPSA) is 72.5 Å². The normalized spacial score (nSPS) is 11.1. The van der Waals surface area contributed by atoms with Crippen LogP contribution in [0, 0.1) is 17.5 Å². The van der Waals surface area contributed by atoms with E-state index >= 15 is 0 Å². The molecule has 1 N–H and O–H groups in total. The Balaban J connectivity index is 1.65. The molecule has 0 heterocycles. The molecule has 0 unspecified atom stereocenters. The Bertz CT molecular complexity index is 1130. The number of anilines is 1. The van der Waals surface area contributed by atoms with Crippen LogP contribution in [-0.4, -0.2) is 14.4 Å². The van der Waals surface area contributed by atoms with Crippen molar-refractivity contribution in [1.82, 2.24) is 0 Å². The van der Waals surface area contributed by atoms with Crippen LogP contribution >= 0.6 is 0 Å². The minimum Gasteiger partial charge on any atom is -0.457 e. The zero-order valence-corrected chi connectivity index (χ0v) is 15.5. The Morgan fingerprint density at radius 2 is 1.52 bits per heavy atom. The third kappa shape index (κ3) is 5.14. The third-order valence-electron chi connectivity index (χ3n) is 3.86. The molecule has 0 aliphatic rings. The highest BCUT2D eigenvalue weighted by Crippen LogP contribution is 2.19. The van der Waals surface area contributed by atoms with Crippen LogP contribution in [-0.2, 0) is 21.4 Å². The fourth-order valence-electron chi connectivity index (χ4n) is 2.35. The molecule has 0 spiro atoms. The first kappa shape index (κ1) is 20.4. The van der Waals surface area contributed by atoms with E-state index in [0.717, 1.165) is 6.07 Å². The third-order valence-corrected chi connectivity index (χ3v) is 5.24. The van der Waals surface area contributed by atoms with Crippen molar-refractivity contribution in [3.05, 3.63) is 95.3 Å². The molecule has 0 atom stereocenters. The predicted octanol–water partition coefficient (Wildman–Crippen LogP) is 4.26. The van der Waals surface area contributed by atoms with Crippen LogP contribution in [0.1, 0.15) is 15.9 Å². The molecular formula is C20H14F3NO4S. The molecule has 0 saturated heterocycles. The summed E-state index contributed by atoms with van der Waals surface area (Å²) in [5.74, 6) is -3.49. The van der Waals surface area contributed by atoms with E-state index in [1.807, 2.05) is 0 Å². The van der Waals surface area contributed by atoms with Crippen molar-refractivity contribution in [2.24, 2.45) is 0 Å². The monoisotopic (exact) mass is 421 g/mol. The summed E-state index contributed by atoms with van der Waals surface area (Å²) in [5, 5.41) is 0. The van der Waals surface area contributed by atoms with E-state index in [1.165, 1.54) is 48.5 Å². The van der Waals surface area contributed by atoms with Gasteiger partial charge in [0.15, 0.2) is 11.6 Å². The summed E-state index contributed by atoms with van der Waals surface area (Å²) >= 11 is 0. The van der Waals surface area contributed by atoms with Gasteiger partial charge in [-0.05, 0) is 60.2 Å². The lowest BCUT2D eigenvalue weighted by atomic mass is 10.2. The Morgan fingerprint density at radius 1 is 0.862 bits per heavy atom. The standard InChI is InChI=1S/C20H14F3NO4S/c21-15-5-1-13(2-6-15)12-28-20(25)14-3-7-16(8-4-14)24-29(26,27)17-9-10-18(22)19(23)11-17/h1-11,24H,12H2. The number of esters is 1. The van der Waals surface area contributed by atoms with Crippen LogP contribution in [0.25, 0.3) is 0 Å². The average molecular weight is 421 g/mol. The number of rotatable bonds is 6. The van der Waals surface area contributed by atoms with Crippen LogP contribution in [0.15, 0.2) is 71.6 Å². The molecule has 5 nitrogen and oxygen atoms in total. The van der Waals surface area contributed by atoms with Gasteiger partial charge in [-0.25, -0.2) is 26.4 Å². The average Bonchev–Trinajstić information content (AvgIpc) is 2.69. The van der Waals surface area contributed by atoms with E-state index in [0.29, 0.717) is 17.7 Å². The molecule has 0 aliphatic heterocycles. The summed E-state index contributed by atoms with van der Waals surface area (Å²) in [6.45, 7) is -0.0520. The Kier molecular flexibility index (Phi) is 5.88. The van der Waals surface area contributed by atoms with Crippen LogP contribution < -0.4 is 4.72 Å². The molecule has 150 valence electrons. The molecule has 29 heavy (non-hydrogen) atoms. The number of carbonyl (C=O) groups excluding carboxylic acids is 1. The van der Waals surface area contributed by atoms with Gasteiger partial charge in [-0.3, -0.25) is 4.72 Å². The van der Waals surface area contributed by atoms with Crippen LogP contribution in [0.4, 0.5) is 18.9 Å². The predicted molar refractivity (Wildman–Crippen MR) is 99.1 cm³/mol. The maximum atomic E-state index is 13.3. The Labute approximate surface area is 164 Å². The number of carbonyl (C=O) groups is 1. The molecule has 3 aromatic rings. The molecule has 0 aromatic heterocycles. The van der Waals surface area contributed by atoms with Gasteiger partial charge in [0.25, 0.3) is 10.0 Å². The first-order chi connectivity index (χ1) is 13.7. The highest BCUT2D eigenvalue weighted by atomic mass is 32.2. The number of ether oxygens (including phenoxy) is 1. The van der Waals surface area contributed by atoms with Crippen molar-refractivity contribution in [3.63, 3.8) is 0 Å². The van der Waals surface area contributed by atoms with E-state index in [-0.39, 0.29) is 17.9 Å². The lowest BCUT2D eigenvalue weighted by molar-refractivity contribution is 0.0472. The van der Waals surface area contributed by atoms with E-state index < -0.39 is 38.3 Å². The number of nitrogens with one attached hydrogen (secondary N) is 1. The largest absolute Gasteiger partial charge is 0.457 e. The van der Waals surface area contributed by atoms with E-state index in [2.05, 4.69) is 4.72 Å². The van der Waals surface area contributed by atoms with E-state index in [1.54, 1.807) is 0 Å². The van der Waals surface area contributed by atoms with Crippen LogP contribution in [0.5, 0.6) is 0 Å². The molecule has 0 bridgehead atoms. The first-order valence-corrected chi connectivity index (χ1v) is 9.72. The van der Waals surface area contributed by atoms with Gasteiger partial charge in [-0.1, -0.05) is 12.1 Å². The van der Waals surface area contributed by atoms with Gasteiger partial charge in [0.1, 0.15) is 12.4 Å². The highest BCUT2D eigenvalue weighted by Gasteiger charge is 2.17. The zero-order chi connectivity index (χ0) is 21.0. The number of hydrogen-bond acceptors (Lipinski definition) is 4. The van der Waals surface area contributed by atoms with Gasteiger partial charge in [0, 0.05) is 5.69 Å². The number of halogens is 3. The van der Waals surface area contributed by atoms with E-state index in [9.17, 15) is 26.4 Å². The second-order valence-electron chi connectivity index (χ2n) is 5.96. The smallest absolute Gasteiger partial charge is 0.338 e. The van der Waals surface area contributed by atoms with Gasteiger partial charge in [0.05, 0.1) is 10.5 Å². The number of hydrogen-bond donors (Lipinski definition) is 1. The SMILES string of the molecule is O=C(OCc1ccc(F)cc1)c1ccc(NS(=O)(=O)c2ccc(F)c(F)c2)cc1. The van der Waals surface area contributed by atoms with Gasteiger partial charge < -0.3 is 4.74 Å². The summed E-state index contributed by atoms with van der Waals surface area (Å²) in [6, 6.07) is 13.0. The summed E-state index contributed by atoms with van der Waals surface area (Å²) in [5.41, 5.74) is 0.892. The Hall–Kier alpha value is -3.33.